The SMILES string of the molecule is O=C(CCC(=O)N1CCOc2ccccc21)NCc1ccccc1Cn1ccnc1. The molecular formula is C23H24N4O3. The Morgan fingerprint density at radius 3 is 2.67 bits per heavy atom. The molecule has 7 nitrogen and oxygen atoms in total. The lowest BCUT2D eigenvalue weighted by Crippen LogP contribution is -2.38. The van der Waals surface area contributed by atoms with Crippen molar-refractivity contribution in [1.82, 2.24) is 14.9 Å². The number of ether oxygens (including phenoxy) is 1. The quantitative estimate of drug-likeness (QED) is 0.657. The molecule has 0 aliphatic carbocycles. The summed E-state index contributed by atoms with van der Waals surface area (Å²) in [5, 5.41) is 2.94. The highest BCUT2D eigenvalue weighted by molar-refractivity contribution is 5.97. The highest BCUT2D eigenvalue weighted by Crippen LogP contribution is 2.31. The number of aromatic nitrogens is 2. The Labute approximate surface area is 175 Å². The van der Waals surface area contributed by atoms with E-state index in [1.165, 1.54) is 0 Å². The van der Waals surface area contributed by atoms with Gasteiger partial charge in [-0.1, -0.05) is 36.4 Å². The Morgan fingerprint density at radius 2 is 1.83 bits per heavy atom. The molecule has 30 heavy (non-hydrogen) atoms. The number of carbonyl (C=O) groups excluding carboxylic acids is 2. The van der Waals surface area contributed by atoms with Gasteiger partial charge in [0.05, 0.1) is 18.6 Å². The molecule has 0 saturated carbocycles. The van der Waals surface area contributed by atoms with Gasteiger partial charge in [-0.15, -0.1) is 0 Å². The van der Waals surface area contributed by atoms with Gasteiger partial charge in [0, 0.05) is 38.3 Å². The molecule has 0 fully saturated rings. The summed E-state index contributed by atoms with van der Waals surface area (Å²) >= 11 is 0. The van der Waals surface area contributed by atoms with Crippen molar-refractivity contribution in [3.63, 3.8) is 0 Å². The second kappa shape index (κ2) is 9.26. The van der Waals surface area contributed by atoms with E-state index in [1.807, 2.05) is 59.3 Å². The van der Waals surface area contributed by atoms with E-state index >= 15 is 0 Å². The highest BCUT2D eigenvalue weighted by Gasteiger charge is 2.23. The van der Waals surface area contributed by atoms with Crippen LogP contribution >= 0.6 is 0 Å². The number of fused-ring (bicyclic) bond motifs is 1. The minimum absolute atomic E-state index is 0.0681. The normalized spacial score (nSPS) is 12.7. The van der Waals surface area contributed by atoms with E-state index in [0.717, 1.165) is 16.8 Å². The van der Waals surface area contributed by atoms with Crippen LogP contribution in [0, 0.1) is 0 Å². The maximum atomic E-state index is 12.7. The largest absolute Gasteiger partial charge is 0.490 e. The maximum absolute atomic E-state index is 12.7. The predicted octanol–water partition coefficient (Wildman–Crippen LogP) is 2.75. The molecule has 2 amide bonds. The Bertz CT molecular complexity index is 1020. The average Bonchev–Trinajstić information content (AvgIpc) is 3.29. The Balaban J connectivity index is 1.30. The third-order valence-corrected chi connectivity index (χ3v) is 5.10. The van der Waals surface area contributed by atoms with Gasteiger partial charge in [-0.3, -0.25) is 9.59 Å². The van der Waals surface area contributed by atoms with Crippen molar-refractivity contribution >= 4 is 17.5 Å². The van der Waals surface area contributed by atoms with E-state index in [4.69, 9.17) is 4.74 Å². The number of para-hydroxylation sites is 2. The number of anilines is 1. The molecule has 2 heterocycles. The van der Waals surface area contributed by atoms with Crippen molar-refractivity contribution in [1.29, 1.82) is 0 Å². The zero-order valence-electron chi connectivity index (χ0n) is 16.7. The van der Waals surface area contributed by atoms with E-state index in [-0.39, 0.29) is 24.7 Å². The standard InChI is InChI=1S/C23H24N4O3/c28-22(9-10-23(29)27-13-14-30-21-8-4-3-7-20(21)27)25-15-18-5-1-2-6-19(18)16-26-12-11-24-17-26/h1-8,11-12,17H,9-10,13-16H2,(H,25,28). The first-order valence-electron chi connectivity index (χ1n) is 10.0. The fourth-order valence-electron chi connectivity index (χ4n) is 3.53. The topological polar surface area (TPSA) is 76.5 Å². The number of carbonyl (C=O) groups is 2. The average molecular weight is 404 g/mol. The van der Waals surface area contributed by atoms with Crippen molar-refractivity contribution in [2.24, 2.45) is 0 Å². The van der Waals surface area contributed by atoms with Crippen molar-refractivity contribution < 1.29 is 14.3 Å². The smallest absolute Gasteiger partial charge is 0.227 e. The van der Waals surface area contributed by atoms with E-state index in [1.54, 1.807) is 17.4 Å². The van der Waals surface area contributed by atoms with Gasteiger partial charge in [-0.25, -0.2) is 4.98 Å². The van der Waals surface area contributed by atoms with Crippen LogP contribution in [0.5, 0.6) is 5.75 Å². The molecule has 7 heteroatoms. The van der Waals surface area contributed by atoms with Gasteiger partial charge in [0.25, 0.3) is 0 Å². The van der Waals surface area contributed by atoms with Crippen LogP contribution < -0.4 is 15.0 Å². The lowest BCUT2D eigenvalue weighted by molar-refractivity contribution is -0.125. The van der Waals surface area contributed by atoms with Crippen molar-refractivity contribution in [3.8, 4) is 5.75 Å². The second-order valence-corrected chi connectivity index (χ2v) is 7.14. The van der Waals surface area contributed by atoms with Crippen LogP contribution in [0.15, 0.2) is 67.3 Å². The molecule has 2 aromatic carbocycles. The first kappa shape index (κ1) is 19.7. The van der Waals surface area contributed by atoms with E-state index in [9.17, 15) is 9.59 Å². The molecule has 3 aromatic rings. The van der Waals surface area contributed by atoms with Crippen LogP contribution in [0.25, 0.3) is 0 Å². The molecule has 0 saturated heterocycles. The highest BCUT2D eigenvalue weighted by atomic mass is 16.5. The molecule has 1 N–H and O–H groups in total. The summed E-state index contributed by atoms with van der Waals surface area (Å²) in [6, 6.07) is 15.5. The number of rotatable bonds is 7. The summed E-state index contributed by atoms with van der Waals surface area (Å²) in [4.78, 5) is 30.8. The number of nitrogens with one attached hydrogen (secondary N) is 1. The molecule has 1 aliphatic rings. The number of benzene rings is 2. The summed E-state index contributed by atoms with van der Waals surface area (Å²) in [7, 11) is 0. The molecule has 0 spiro atoms. The van der Waals surface area contributed by atoms with Crippen molar-refractivity contribution in [3.05, 3.63) is 78.4 Å². The van der Waals surface area contributed by atoms with E-state index in [0.29, 0.717) is 32.0 Å². The summed E-state index contributed by atoms with van der Waals surface area (Å²) < 4.78 is 7.57. The first-order valence-corrected chi connectivity index (χ1v) is 10.0. The number of hydrogen-bond acceptors (Lipinski definition) is 4. The lowest BCUT2D eigenvalue weighted by atomic mass is 10.1. The Hall–Kier alpha value is -3.61. The molecule has 0 atom stereocenters. The van der Waals surface area contributed by atoms with E-state index in [2.05, 4.69) is 10.3 Å². The fourth-order valence-corrected chi connectivity index (χ4v) is 3.53. The van der Waals surface area contributed by atoms with Crippen molar-refractivity contribution in [2.45, 2.75) is 25.9 Å². The first-order chi connectivity index (χ1) is 14.7. The van der Waals surface area contributed by atoms with Gasteiger partial charge in [0.2, 0.25) is 11.8 Å². The lowest BCUT2D eigenvalue weighted by Gasteiger charge is -2.29. The Kier molecular flexibility index (Phi) is 6.08. The van der Waals surface area contributed by atoms with Gasteiger partial charge in [-0.05, 0) is 23.3 Å². The minimum atomic E-state index is -0.137. The van der Waals surface area contributed by atoms with Gasteiger partial charge in [0.1, 0.15) is 12.4 Å². The summed E-state index contributed by atoms with van der Waals surface area (Å²) in [6.45, 7) is 2.08. The third kappa shape index (κ3) is 4.68. The second-order valence-electron chi connectivity index (χ2n) is 7.14. The summed E-state index contributed by atoms with van der Waals surface area (Å²) in [5.41, 5.74) is 2.94. The zero-order chi connectivity index (χ0) is 20.8. The Morgan fingerprint density at radius 1 is 1.03 bits per heavy atom. The molecule has 0 unspecified atom stereocenters. The van der Waals surface area contributed by atoms with Crippen LogP contribution in [-0.2, 0) is 22.7 Å². The van der Waals surface area contributed by atoms with Crippen LogP contribution in [0.2, 0.25) is 0 Å². The van der Waals surface area contributed by atoms with Crippen LogP contribution in [0.1, 0.15) is 24.0 Å². The van der Waals surface area contributed by atoms with Gasteiger partial charge in [-0.2, -0.15) is 0 Å². The van der Waals surface area contributed by atoms with Gasteiger partial charge < -0.3 is 19.5 Å². The molecular weight excluding hydrogens is 380 g/mol. The van der Waals surface area contributed by atoms with Gasteiger partial charge >= 0.3 is 0 Å². The minimum Gasteiger partial charge on any atom is -0.490 e. The number of nitrogens with zero attached hydrogens (tertiary/aromatic N) is 3. The molecule has 4 rings (SSSR count). The molecule has 0 radical (unpaired) electrons. The van der Waals surface area contributed by atoms with Gasteiger partial charge in [0.15, 0.2) is 0 Å². The van der Waals surface area contributed by atoms with Crippen LogP contribution in [-0.4, -0.2) is 34.5 Å². The molecule has 1 aromatic heterocycles. The monoisotopic (exact) mass is 404 g/mol. The number of hydrogen-bond donors (Lipinski definition) is 1. The molecule has 1 aliphatic heterocycles. The zero-order valence-corrected chi connectivity index (χ0v) is 16.7. The van der Waals surface area contributed by atoms with Crippen molar-refractivity contribution in [2.75, 3.05) is 18.1 Å². The van der Waals surface area contributed by atoms with E-state index < -0.39 is 0 Å². The fraction of sp³-hybridized carbons (Fsp3) is 0.261. The molecule has 154 valence electrons. The molecule has 0 bridgehead atoms. The summed E-state index contributed by atoms with van der Waals surface area (Å²) in [5.74, 6) is 0.500. The summed E-state index contributed by atoms with van der Waals surface area (Å²) in [6.07, 6.45) is 5.74. The maximum Gasteiger partial charge on any atom is 0.227 e. The predicted molar refractivity (Wildman–Crippen MR) is 113 cm³/mol. The van der Waals surface area contributed by atoms with Crippen LogP contribution in [0.3, 0.4) is 0 Å². The third-order valence-electron chi connectivity index (χ3n) is 5.10. The number of amides is 2. The number of imidazole rings is 1. The van der Waals surface area contributed by atoms with Crippen LogP contribution in [0.4, 0.5) is 5.69 Å².